The number of ether oxygens (including phenoxy) is 1. The van der Waals surface area contributed by atoms with E-state index in [1.165, 1.54) is 12.1 Å². The normalized spacial score (nSPS) is 11.8. The predicted molar refractivity (Wildman–Crippen MR) is 63.8 cm³/mol. The van der Waals surface area contributed by atoms with Gasteiger partial charge in [0.15, 0.2) is 0 Å². The van der Waals surface area contributed by atoms with Crippen molar-refractivity contribution in [3.05, 3.63) is 35.6 Å². The predicted octanol–water partition coefficient (Wildman–Crippen LogP) is 2.73. The van der Waals surface area contributed by atoms with Gasteiger partial charge in [0, 0.05) is 19.7 Å². The highest BCUT2D eigenvalue weighted by molar-refractivity contribution is 5.15. The number of hydrogen-bond donors (Lipinski definition) is 1. The standard InChI is InChI=1S/C13H20FNO/c1-4-16-13(2,3)10-15-9-11-5-7-12(14)8-6-11/h5-8,15H,4,9-10H2,1-3H3. The maximum Gasteiger partial charge on any atom is 0.123 e. The van der Waals surface area contributed by atoms with E-state index in [1.807, 2.05) is 20.8 Å². The molecule has 2 nitrogen and oxygen atoms in total. The molecule has 16 heavy (non-hydrogen) atoms. The van der Waals surface area contributed by atoms with Crippen LogP contribution in [0, 0.1) is 5.82 Å². The van der Waals surface area contributed by atoms with E-state index < -0.39 is 0 Å². The van der Waals surface area contributed by atoms with Crippen LogP contribution in [0.1, 0.15) is 26.3 Å². The Balaban J connectivity index is 2.32. The molecule has 0 spiro atoms. The molecule has 0 aliphatic rings. The highest BCUT2D eigenvalue weighted by Gasteiger charge is 2.16. The van der Waals surface area contributed by atoms with Gasteiger partial charge in [0.1, 0.15) is 5.82 Å². The smallest absolute Gasteiger partial charge is 0.123 e. The minimum atomic E-state index is -0.196. The Morgan fingerprint density at radius 1 is 1.25 bits per heavy atom. The largest absolute Gasteiger partial charge is 0.375 e. The van der Waals surface area contributed by atoms with Crippen molar-refractivity contribution in [2.24, 2.45) is 0 Å². The van der Waals surface area contributed by atoms with Gasteiger partial charge in [-0.05, 0) is 38.5 Å². The van der Waals surface area contributed by atoms with Gasteiger partial charge in [-0.2, -0.15) is 0 Å². The third-order valence-electron chi connectivity index (χ3n) is 2.33. The lowest BCUT2D eigenvalue weighted by Crippen LogP contribution is -2.37. The molecule has 0 saturated heterocycles. The fraction of sp³-hybridized carbons (Fsp3) is 0.538. The molecule has 1 rings (SSSR count). The first-order valence-corrected chi connectivity index (χ1v) is 5.62. The Morgan fingerprint density at radius 3 is 2.44 bits per heavy atom. The van der Waals surface area contributed by atoms with Crippen LogP contribution < -0.4 is 5.32 Å². The molecule has 1 aromatic carbocycles. The van der Waals surface area contributed by atoms with E-state index in [0.717, 1.165) is 18.7 Å². The summed E-state index contributed by atoms with van der Waals surface area (Å²) in [5, 5.41) is 3.30. The SMILES string of the molecule is CCOC(C)(C)CNCc1ccc(F)cc1. The van der Waals surface area contributed by atoms with Crippen molar-refractivity contribution in [1.82, 2.24) is 5.32 Å². The Hall–Kier alpha value is -0.930. The summed E-state index contributed by atoms with van der Waals surface area (Å²) in [4.78, 5) is 0. The van der Waals surface area contributed by atoms with Gasteiger partial charge in [-0.1, -0.05) is 12.1 Å². The molecule has 1 N–H and O–H groups in total. The van der Waals surface area contributed by atoms with Crippen molar-refractivity contribution in [3.63, 3.8) is 0 Å². The highest BCUT2D eigenvalue weighted by Crippen LogP contribution is 2.08. The van der Waals surface area contributed by atoms with Crippen molar-refractivity contribution in [2.75, 3.05) is 13.2 Å². The number of benzene rings is 1. The van der Waals surface area contributed by atoms with Crippen LogP contribution in [0.25, 0.3) is 0 Å². The minimum Gasteiger partial charge on any atom is -0.375 e. The first-order chi connectivity index (χ1) is 7.53. The maximum absolute atomic E-state index is 12.7. The monoisotopic (exact) mass is 225 g/mol. The Bertz CT molecular complexity index is 308. The Labute approximate surface area is 96.8 Å². The maximum atomic E-state index is 12.7. The van der Waals surface area contributed by atoms with E-state index in [2.05, 4.69) is 5.32 Å². The van der Waals surface area contributed by atoms with E-state index >= 15 is 0 Å². The zero-order valence-corrected chi connectivity index (χ0v) is 10.2. The van der Waals surface area contributed by atoms with Crippen LogP contribution in [0.4, 0.5) is 4.39 Å². The van der Waals surface area contributed by atoms with Gasteiger partial charge in [0.05, 0.1) is 5.60 Å². The molecule has 0 radical (unpaired) electrons. The molecule has 0 unspecified atom stereocenters. The molecule has 0 aliphatic carbocycles. The van der Waals surface area contributed by atoms with Crippen LogP contribution in [0.3, 0.4) is 0 Å². The Morgan fingerprint density at radius 2 is 1.88 bits per heavy atom. The molecule has 0 aromatic heterocycles. The van der Waals surface area contributed by atoms with Crippen molar-refractivity contribution >= 4 is 0 Å². The zero-order valence-electron chi connectivity index (χ0n) is 10.2. The molecule has 0 saturated carbocycles. The fourth-order valence-corrected chi connectivity index (χ4v) is 1.55. The molecule has 0 aliphatic heterocycles. The van der Waals surface area contributed by atoms with Crippen LogP contribution in [-0.2, 0) is 11.3 Å². The second-order valence-corrected chi connectivity index (χ2v) is 4.42. The summed E-state index contributed by atoms with van der Waals surface area (Å²) in [7, 11) is 0. The molecule has 3 heteroatoms. The number of hydrogen-bond acceptors (Lipinski definition) is 2. The van der Waals surface area contributed by atoms with E-state index in [-0.39, 0.29) is 11.4 Å². The lowest BCUT2D eigenvalue weighted by Gasteiger charge is -2.25. The Kier molecular flexibility index (Phi) is 4.90. The van der Waals surface area contributed by atoms with Crippen molar-refractivity contribution in [3.8, 4) is 0 Å². The van der Waals surface area contributed by atoms with Crippen molar-refractivity contribution < 1.29 is 9.13 Å². The van der Waals surface area contributed by atoms with Crippen molar-refractivity contribution in [1.29, 1.82) is 0 Å². The summed E-state index contributed by atoms with van der Waals surface area (Å²) in [5.74, 6) is -0.196. The van der Waals surface area contributed by atoms with Crippen LogP contribution in [0.15, 0.2) is 24.3 Å². The highest BCUT2D eigenvalue weighted by atomic mass is 19.1. The molecule has 90 valence electrons. The minimum absolute atomic E-state index is 0.158. The fourth-order valence-electron chi connectivity index (χ4n) is 1.55. The second-order valence-electron chi connectivity index (χ2n) is 4.42. The molecule has 1 aromatic rings. The molecule has 0 atom stereocenters. The van der Waals surface area contributed by atoms with Gasteiger partial charge in [-0.15, -0.1) is 0 Å². The molecule has 0 fully saturated rings. The summed E-state index contributed by atoms with van der Waals surface area (Å²) in [6.07, 6.45) is 0. The topological polar surface area (TPSA) is 21.3 Å². The third-order valence-corrected chi connectivity index (χ3v) is 2.33. The number of halogens is 1. The number of rotatable bonds is 6. The molecule has 0 bridgehead atoms. The average Bonchev–Trinajstić information content (AvgIpc) is 2.20. The van der Waals surface area contributed by atoms with E-state index in [4.69, 9.17) is 4.74 Å². The summed E-state index contributed by atoms with van der Waals surface area (Å²) in [5.41, 5.74) is 0.920. The second kappa shape index (κ2) is 5.97. The van der Waals surface area contributed by atoms with Gasteiger partial charge in [0.2, 0.25) is 0 Å². The van der Waals surface area contributed by atoms with Crippen molar-refractivity contribution in [2.45, 2.75) is 32.9 Å². The van der Waals surface area contributed by atoms with Crippen LogP contribution in [0.2, 0.25) is 0 Å². The van der Waals surface area contributed by atoms with E-state index in [0.29, 0.717) is 6.61 Å². The van der Waals surface area contributed by atoms with Gasteiger partial charge >= 0.3 is 0 Å². The molecular formula is C13H20FNO. The van der Waals surface area contributed by atoms with Crippen LogP contribution in [0.5, 0.6) is 0 Å². The molecule has 0 amide bonds. The summed E-state index contributed by atoms with van der Waals surface area (Å²) in [6.45, 7) is 8.31. The van der Waals surface area contributed by atoms with Gasteiger partial charge in [-0.3, -0.25) is 0 Å². The first kappa shape index (κ1) is 13.1. The van der Waals surface area contributed by atoms with Crippen LogP contribution in [-0.4, -0.2) is 18.8 Å². The first-order valence-electron chi connectivity index (χ1n) is 5.62. The number of nitrogens with one attached hydrogen (secondary N) is 1. The van der Waals surface area contributed by atoms with Gasteiger partial charge in [0.25, 0.3) is 0 Å². The third kappa shape index (κ3) is 4.73. The summed E-state index contributed by atoms with van der Waals surface area (Å²) < 4.78 is 18.2. The van der Waals surface area contributed by atoms with E-state index in [1.54, 1.807) is 12.1 Å². The summed E-state index contributed by atoms with van der Waals surface area (Å²) in [6, 6.07) is 6.53. The van der Waals surface area contributed by atoms with E-state index in [9.17, 15) is 4.39 Å². The lowest BCUT2D eigenvalue weighted by molar-refractivity contribution is -0.00897. The van der Waals surface area contributed by atoms with Gasteiger partial charge in [-0.25, -0.2) is 4.39 Å². The van der Waals surface area contributed by atoms with Gasteiger partial charge < -0.3 is 10.1 Å². The van der Waals surface area contributed by atoms with Crippen LogP contribution >= 0.6 is 0 Å². The lowest BCUT2D eigenvalue weighted by atomic mass is 10.1. The molecule has 0 heterocycles. The quantitative estimate of drug-likeness (QED) is 0.803. The average molecular weight is 225 g/mol. The summed E-state index contributed by atoms with van der Waals surface area (Å²) >= 11 is 0. The molecular weight excluding hydrogens is 205 g/mol. The zero-order chi connectivity index (χ0) is 12.0.